The first-order valence-electron chi connectivity index (χ1n) is 11.8. The maximum Gasteiger partial charge on any atom is 0.405 e. The fourth-order valence-corrected chi connectivity index (χ4v) is 3.11. The number of hydrogen-bond acceptors (Lipinski definition) is 10. The van der Waals surface area contributed by atoms with Crippen LogP contribution < -0.4 is 26.0 Å². The molecule has 4 rings (SSSR count). The molecule has 0 atom stereocenters. The molecule has 35 heavy (non-hydrogen) atoms. The van der Waals surface area contributed by atoms with Gasteiger partial charge >= 0.3 is 6.09 Å². The summed E-state index contributed by atoms with van der Waals surface area (Å²) in [7, 11) is 1.38. The van der Waals surface area contributed by atoms with E-state index in [4.69, 9.17) is 18.5 Å². The van der Waals surface area contributed by atoms with E-state index < -0.39 is 19.0 Å². The number of carboxylic acid groups (broad SMARTS) is 1. The third kappa shape index (κ3) is 5.43. The zero-order chi connectivity index (χ0) is 27.4. The molecule has 0 saturated heterocycles. The topological polar surface area (TPSA) is 193 Å². The number of hydrogen-bond donors (Lipinski definition) is 5. The van der Waals surface area contributed by atoms with Crippen molar-refractivity contribution in [2.24, 2.45) is 5.92 Å². The summed E-state index contributed by atoms with van der Waals surface area (Å²) in [4.78, 5) is 39.7. The van der Waals surface area contributed by atoms with Gasteiger partial charge in [0, 0.05) is 23.1 Å². The lowest BCUT2D eigenvalue weighted by Gasteiger charge is -2.16. The third-order valence-corrected chi connectivity index (χ3v) is 4.91. The lowest BCUT2D eigenvalue weighted by atomic mass is 10.1. The van der Waals surface area contributed by atoms with Crippen LogP contribution in [0.3, 0.4) is 0 Å². The van der Waals surface area contributed by atoms with Gasteiger partial charge in [0.15, 0.2) is 17.3 Å². The van der Waals surface area contributed by atoms with Gasteiger partial charge in [-0.1, -0.05) is 11.2 Å². The zero-order valence-corrected chi connectivity index (χ0v) is 18.3. The fraction of sp³-hybridized carbons (Fsp3) is 0.286. The highest BCUT2D eigenvalue weighted by Gasteiger charge is 2.30. The first kappa shape index (κ1) is 19.7. The predicted octanol–water partition coefficient (Wildman–Crippen LogP) is 1.75. The van der Waals surface area contributed by atoms with Crippen molar-refractivity contribution in [1.82, 2.24) is 31.0 Å². The Hall–Kier alpha value is -4.75. The number of ether oxygens (including phenoxy) is 1. The highest BCUT2D eigenvalue weighted by Crippen LogP contribution is 2.37. The number of nitrogens with one attached hydrogen (secondary N) is 4. The van der Waals surface area contributed by atoms with E-state index in [0.29, 0.717) is 11.3 Å². The Bertz CT molecular complexity index is 1380. The smallest absolute Gasteiger partial charge is 0.405 e. The molecule has 1 aliphatic carbocycles. The summed E-state index contributed by atoms with van der Waals surface area (Å²) < 4.78 is 32.6. The van der Waals surface area contributed by atoms with Crippen LogP contribution in [0.2, 0.25) is 0 Å². The van der Waals surface area contributed by atoms with Crippen LogP contribution in [-0.2, 0) is 11.3 Å². The van der Waals surface area contributed by atoms with Gasteiger partial charge < -0.3 is 35.6 Å². The van der Waals surface area contributed by atoms with E-state index in [2.05, 4.69) is 36.3 Å². The molecule has 2 heterocycles. The number of rotatable bonds is 9. The molecule has 0 bridgehead atoms. The van der Waals surface area contributed by atoms with Crippen LogP contribution in [0.1, 0.15) is 33.3 Å². The van der Waals surface area contributed by atoms with Crippen molar-refractivity contribution in [2.75, 3.05) is 24.7 Å². The van der Waals surface area contributed by atoms with E-state index in [1.54, 1.807) is 18.2 Å². The molecule has 1 aliphatic rings. The van der Waals surface area contributed by atoms with Crippen molar-refractivity contribution < 1.29 is 32.9 Å². The average Bonchev–Trinajstić information content (AvgIpc) is 3.59. The van der Waals surface area contributed by atoms with Gasteiger partial charge in [-0.15, -0.1) is 10.2 Å². The minimum atomic E-state index is -2.78. The van der Waals surface area contributed by atoms with Crippen LogP contribution in [0.25, 0.3) is 11.4 Å². The van der Waals surface area contributed by atoms with Crippen LogP contribution in [-0.4, -0.2) is 57.4 Å². The summed E-state index contributed by atoms with van der Waals surface area (Å²) in [6, 6.07) is 6.19. The van der Waals surface area contributed by atoms with Gasteiger partial charge in [0.05, 0.1) is 24.0 Å². The molecular weight excluding hydrogens is 460 g/mol. The Morgan fingerprint density at radius 2 is 2.09 bits per heavy atom. The number of benzene rings is 1. The largest absolute Gasteiger partial charge is 0.494 e. The Morgan fingerprint density at radius 3 is 2.80 bits per heavy atom. The monoisotopic (exact) mass is 485 g/mol. The molecule has 0 spiro atoms. The van der Waals surface area contributed by atoms with E-state index in [-0.39, 0.29) is 53.0 Å². The molecule has 0 aliphatic heterocycles. The Labute approximate surface area is 202 Å². The lowest BCUT2D eigenvalue weighted by Crippen LogP contribution is -2.22. The molecule has 0 unspecified atom stereocenters. The summed E-state index contributed by atoms with van der Waals surface area (Å²) >= 11 is 0. The minimum absolute atomic E-state index is 0.0146. The average molecular weight is 485 g/mol. The molecule has 2 aromatic heterocycles. The Kier molecular flexibility index (Phi) is 5.64. The molecule has 0 radical (unpaired) electrons. The summed E-state index contributed by atoms with van der Waals surface area (Å²) in [6.45, 7) is -2.99. The van der Waals surface area contributed by atoms with E-state index >= 15 is 0 Å². The number of carbonyl (C=O) groups excluding carboxylic acids is 2. The van der Waals surface area contributed by atoms with E-state index in [1.807, 2.05) is 5.32 Å². The molecule has 182 valence electrons. The van der Waals surface area contributed by atoms with Gasteiger partial charge in [0.2, 0.25) is 17.6 Å². The molecule has 3 aromatic rings. The van der Waals surface area contributed by atoms with E-state index in [9.17, 15) is 14.4 Å². The van der Waals surface area contributed by atoms with Crippen molar-refractivity contribution >= 4 is 35.1 Å². The second-order valence-electron chi connectivity index (χ2n) is 7.39. The van der Waals surface area contributed by atoms with Gasteiger partial charge in [0.25, 0.3) is 5.91 Å². The molecule has 1 fully saturated rings. The minimum Gasteiger partial charge on any atom is -0.494 e. The number of nitrogens with zero attached hydrogens (tertiary/aromatic N) is 4. The van der Waals surface area contributed by atoms with Crippen LogP contribution >= 0.6 is 0 Å². The van der Waals surface area contributed by atoms with Gasteiger partial charge in [-0.3, -0.25) is 9.59 Å². The molecule has 1 aromatic carbocycles. The van der Waals surface area contributed by atoms with Crippen molar-refractivity contribution in [2.45, 2.75) is 19.4 Å². The Morgan fingerprint density at radius 1 is 1.26 bits per heavy atom. The van der Waals surface area contributed by atoms with Crippen LogP contribution in [0.5, 0.6) is 5.75 Å². The molecular formula is C21H22N8O6. The standard InChI is InChI=1S/C21H22N8O6/c1-22-20(31)16-13(8-14(27-28-16)25-19(30)10-6-7-10)24-12-5-3-4-11(17(12)34-2)18-26-15(35-29-18)9-23-21(32)33/h3-5,8,10,23H,6-7,9H2,1-2H3,(H,22,31)(H,32,33)(H2,24,25,27,30)/i1D3. The molecule has 14 heteroatoms. The number of aromatic nitrogens is 4. The predicted molar refractivity (Wildman–Crippen MR) is 121 cm³/mol. The summed E-state index contributed by atoms with van der Waals surface area (Å²) in [5.74, 6) is -1.00. The van der Waals surface area contributed by atoms with Crippen molar-refractivity contribution in [3.8, 4) is 17.1 Å². The van der Waals surface area contributed by atoms with Gasteiger partial charge in [-0.25, -0.2) is 4.79 Å². The SMILES string of the molecule is [2H]C([2H])([2H])NC(=O)c1nnc(NC(=O)C2CC2)cc1Nc1cccc(-c2noc(CNC(=O)O)n2)c1OC. The van der Waals surface area contributed by atoms with Crippen LogP contribution in [0, 0.1) is 5.92 Å². The van der Waals surface area contributed by atoms with Gasteiger partial charge in [0.1, 0.15) is 6.54 Å². The maximum absolute atomic E-state index is 12.7. The van der Waals surface area contributed by atoms with Gasteiger partial charge in [-0.05, 0) is 25.0 Å². The first-order valence-corrected chi connectivity index (χ1v) is 10.3. The first-order chi connectivity index (χ1) is 18.0. The number of anilines is 3. The van der Waals surface area contributed by atoms with Crippen molar-refractivity contribution in [3.05, 3.63) is 35.9 Å². The second-order valence-corrected chi connectivity index (χ2v) is 7.39. The van der Waals surface area contributed by atoms with Crippen LogP contribution in [0.15, 0.2) is 28.8 Å². The van der Waals surface area contributed by atoms with E-state index in [1.165, 1.54) is 13.2 Å². The van der Waals surface area contributed by atoms with Gasteiger partial charge in [-0.2, -0.15) is 4.98 Å². The van der Waals surface area contributed by atoms with Crippen LogP contribution in [0.4, 0.5) is 22.0 Å². The van der Waals surface area contributed by atoms with Crippen molar-refractivity contribution in [1.29, 1.82) is 0 Å². The number of para-hydroxylation sites is 1. The third-order valence-electron chi connectivity index (χ3n) is 4.91. The quantitative estimate of drug-likeness (QED) is 0.296. The summed E-state index contributed by atoms with van der Waals surface area (Å²) in [5.41, 5.74) is 0.346. The molecule has 5 N–H and O–H groups in total. The zero-order valence-electron chi connectivity index (χ0n) is 21.3. The van der Waals surface area contributed by atoms with E-state index in [0.717, 1.165) is 12.8 Å². The fourth-order valence-electron chi connectivity index (χ4n) is 3.11. The number of methoxy groups -OCH3 is 1. The lowest BCUT2D eigenvalue weighted by molar-refractivity contribution is -0.117. The highest BCUT2D eigenvalue weighted by atomic mass is 16.5. The normalized spacial score (nSPS) is 14.1. The Balaban J connectivity index is 1.68. The highest BCUT2D eigenvalue weighted by molar-refractivity contribution is 6.00. The van der Waals surface area contributed by atoms with Crippen molar-refractivity contribution in [3.63, 3.8) is 0 Å². The molecule has 14 nitrogen and oxygen atoms in total. The number of amides is 3. The molecule has 1 saturated carbocycles. The second kappa shape index (κ2) is 10.0. The summed E-state index contributed by atoms with van der Waals surface area (Å²) in [5, 5.41) is 29.9. The number of carbonyl (C=O) groups is 3. The molecule has 3 amide bonds. The summed E-state index contributed by atoms with van der Waals surface area (Å²) in [6.07, 6.45) is 0.264. The maximum atomic E-state index is 12.7.